The third kappa shape index (κ3) is 4.81. The highest BCUT2D eigenvalue weighted by Gasteiger charge is 2.11. The number of aromatic carboxylic acids is 1. The molecule has 100 valence electrons. The van der Waals surface area contributed by atoms with E-state index in [0.717, 1.165) is 6.07 Å². The van der Waals surface area contributed by atoms with Crippen LogP contribution in [0.3, 0.4) is 0 Å². The molecule has 0 bridgehead atoms. The summed E-state index contributed by atoms with van der Waals surface area (Å²) in [5.74, 6) is -1.73. The molecule has 0 amide bonds. The molecule has 1 aromatic rings. The summed E-state index contributed by atoms with van der Waals surface area (Å²) in [4.78, 5) is 10.9. The zero-order chi connectivity index (χ0) is 13.5. The van der Waals surface area contributed by atoms with E-state index in [1.54, 1.807) is 0 Å². The summed E-state index contributed by atoms with van der Waals surface area (Å²) in [6, 6.07) is 3.63. The van der Waals surface area contributed by atoms with Gasteiger partial charge in [-0.05, 0) is 31.5 Å². The number of halogens is 1. The van der Waals surface area contributed by atoms with Gasteiger partial charge < -0.3 is 14.6 Å². The smallest absolute Gasteiger partial charge is 0.336 e. The Hall–Kier alpha value is -1.46. The fourth-order valence-electron chi connectivity index (χ4n) is 1.40. The average molecular weight is 256 g/mol. The molecule has 0 unspecified atom stereocenters. The Balaban J connectivity index is 2.49. The first-order valence-electron chi connectivity index (χ1n) is 5.71. The monoisotopic (exact) mass is 256 g/mol. The molecule has 1 N–H and O–H groups in total. The Labute approximate surface area is 105 Å². The molecule has 0 spiro atoms. The topological polar surface area (TPSA) is 55.8 Å². The summed E-state index contributed by atoms with van der Waals surface area (Å²) < 4.78 is 23.5. The van der Waals surface area contributed by atoms with Gasteiger partial charge >= 0.3 is 5.97 Å². The minimum Gasteiger partial charge on any atom is -0.478 e. The number of carboxylic acid groups (broad SMARTS) is 1. The third-order valence-corrected chi connectivity index (χ3v) is 2.24. The Morgan fingerprint density at radius 3 is 2.72 bits per heavy atom. The number of hydrogen-bond acceptors (Lipinski definition) is 3. The number of carboxylic acids is 1. The van der Waals surface area contributed by atoms with E-state index in [9.17, 15) is 9.18 Å². The highest BCUT2D eigenvalue weighted by Crippen LogP contribution is 2.12. The molecule has 0 aromatic heterocycles. The lowest BCUT2D eigenvalue weighted by atomic mass is 10.1. The van der Waals surface area contributed by atoms with Crippen molar-refractivity contribution >= 4 is 5.97 Å². The first-order valence-corrected chi connectivity index (χ1v) is 5.71. The van der Waals surface area contributed by atoms with Gasteiger partial charge in [0.15, 0.2) is 0 Å². The number of carbonyl (C=O) groups is 1. The fourth-order valence-corrected chi connectivity index (χ4v) is 1.40. The molecule has 0 radical (unpaired) electrons. The van der Waals surface area contributed by atoms with Crippen LogP contribution < -0.4 is 0 Å². The molecule has 1 aromatic carbocycles. The van der Waals surface area contributed by atoms with Crippen LogP contribution in [0.4, 0.5) is 4.39 Å². The largest absolute Gasteiger partial charge is 0.478 e. The first-order chi connectivity index (χ1) is 8.50. The lowest BCUT2D eigenvalue weighted by Crippen LogP contribution is -2.11. The summed E-state index contributed by atoms with van der Waals surface area (Å²) in [6.45, 7) is 4.78. The minimum absolute atomic E-state index is 0.0697. The van der Waals surface area contributed by atoms with E-state index in [1.165, 1.54) is 12.1 Å². The highest BCUT2D eigenvalue weighted by molar-refractivity contribution is 5.89. The van der Waals surface area contributed by atoms with Gasteiger partial charge in [-0.2, -0.15) is 0 Å². The molecule has 0 heterocycles. The van der Waals surface area contributed by atoms with Crippen molar-refractivity contribution in [3.63, 3.8) is 0 Å². The van der Waals surface area contributed by atoms with Crippen molar-refractivity contribution in [1.29, 1.82) is 0 Å². The van der Waals surface area contributed by atoms with Crippen molar-refractivity contribution < 1.29 is 23.8 Å². The van der Waals surface area contributed by atoms with Crippen LogP contribution in [0.15, 0.2) is 18.2 Å². The maximum Gasteiger partial charge on any atom is 0.336 e. The Morgan fingerprint density at radius 1 is 1.39 bits per heavy atom. The minimum atomic E-state index is -1.16. The molecule has 0 aliphatic rings. The van der Waals surface area contributed by atoms with Crippen molar-refractivity contribution in [3.8, 4) is 0 Å². The van der Waals surface area contributed by atoms with E-state index in [2.05, 4.69) is 0 Å². The second-order valence-electron chi connectivity index (χ2n) is 4.08. The van der Waals surface area contributed by atoms with Crippen LogP contribution in [0, 0.1) is 5.82 Å². The Morgan fingerprint density at radius 2 is 2.11 bits per heavy atom. The van der Waals surface area contributed by atoms with Crippen molar-refractivity contribution in [2.24, 2.45) is 0 Å². The van der Waals surface area contributed by atoms with Crippen LogP contribution in [-0.4, -0.2) is 30.4 Å². The molecule has 4 nitrogen and oxygen atoms in total. The lowest BCUT2D eigenvalue weighted by molar-refractivity contribution is 0.0140. The molecular weight excluding hydrogens is 239 g/mol. The van der Waals surface area contributed by atoms with E-state index in [1.807, 2.05) is 13.8 Å². The molecule has 0 saturated heterocycles. The molecular formula is C13H17FO4. The fraction of sp³-hybridized carbons (Fsp3) is 0.462. The van der Waals surface area contributed by atoms with Crippen molar-refractivity contribution in [2.75, 3.05) is 13.2 Å². The SMILES string of the molecule is CC(C)OCCOCc1ccc(F)cc1C(=O)O. The lowest BCUT2D eigenvalue weighted by Gasteiger charge is -2.09. The zero-order valence-corrected chi connectivity index (χ0v) is 10.5. The normalized spacial score (nSPS) is 10.9. The number of benzene rings is 1. The van der Waals surface area contributed by atoms with Crippen LogP contribution in [0.1, 0.15) is 29.8 Å². The van der Waals surface area contributed by atoms with Gasteiger partial charge in [0.25, 0.3) is 0 Å². The van der Waals surface area contributed by atoms with Crippen LogP contribution in [0.2, 0.25) is 0 Å². The van der Waals surface area contributed by atoms with Crippen LogP contribution in [-0.2, 0) is 16.1 Å². The summed E-state index contributed by atoms with van der Waals surface area (Å²) in [5.41, 5.74) is 0.383. The van der Waals surface area contributed by atoms with E-state index >= 15 is 0 Å². The van der Waals surface area contributed by atoms with Crippen LogP contribution >= 0.6 is 0 Å². The third-order valence-electron chi connectivity index (χ3n) is 2.24. The van der Waals surface area contributed by atoms with E-state index in [0.29, 0.717) is 18.8 Å². The number of ether oxygens (including phenoxy) is 2. The molecule has 18 heavy (non-hydrogen) atoms. The summed E-state index contributed by atoms with van der Waals surface area (Å²) in [5, 5.41) is 8.92. The van der Waals surface area contributed by atoms with Crippen molar-refractivity contribution in [2.45, 2.75) is 26.6 Å². The highest BCUT2D eigenvalue weighted by atomic mass is 19.1. The zero-order valence-electron chi connectivity index (χ0n) is 10.5. The summed E-state index contributed by atoms with van der Waals surface area (Å²) >= 11 is 0. The quantitative estimate of drug-likeness (QED) is 0.761. The molecule has 0 aliphatic carbocycles. The van der Waals surface area contributed by atoms with E-state index in [4.69, 9.17) is 14.6 Å². The first kappa shape index (κ1) is 14.6. The second kappa shape index (κ2) is 7.08. The second-order valence-corrected chi connectivity index (χ2v) is 4.08. The maximum atomic E-state index is 12.9. The van der Waals surface area contributed by atoms with Gasteiger partial charge in [-0.15, -0.1) is 0 Å². The van der Waals surface area contributed by atoms with Gasteiger partial charge in [-0.25, -0.2) is 9.18 Å². The van der Waals surface area contributed by atoms with Gasteiger partial charge in [0.05, 0.1) is 31.5 Å². The van der Waals surface area contributed by atoms with Gasteiger partial charge in [0.1, 0.15) is 5.82 Å². The van der Waals surface area contributed by atoms with Crippen molar-refractivity contribution in [1.82, 2.24) is 0 Å². The maximum absolute atomic E-state index is 12.9. The molecule has 0 fully saturated rings. The van der Waals surface area contributed by atoms with Gasteiger partial charge in [0, 0.05) is 0 Å². The van der Waals surface area contributed by atoms with Gasteiger partial charge in [-0.1, -0.05) is 6.07 Å². The van der Waals surface area contributed by atoms with E-state index in [-0.39, 0.29) is 18.3 Å². The number of hydrogen-bond donors (Lipinski definition) is 1. The van der Waals surface area contributed by atoms with Gasteiger partial charge in [-0.3, -0.25) is 0 Å². The molecule has 0 aliphatic heterocycles. The molecule has 0 saturated carbocycles. The van der Waals surface area contributed by atoms with E-state index < -0.39 is 11.8 Å². The predicted octanol–water partition coefficient (Wildman–Crippen LogP) is 2.47. The Bertz CT molecular complexity index is 404. The molecule has 1 rings (SSSR count). The van der Waals surface area contributed by atoms with Crippen molar-refractivity contribution in [3.05, 3.63) is 35.1 Å². The standard InChI is InChI=1S/C13H17FO4/c1-9(2)18-6-5-17-8-10-3-4-11(14)7-12(10)13(15)16/h3-4,7,9H,5-6,8H2,1-2H3,(H,15,16). The summed E-state index contributed by atoms with van der Waals surface area (Å²) in [7, 11) is 0. The van der Waals surface area contributed by atoms with Crippen LogP contribution in [0.25, 0.3) is 0 Å². The average Bonchev–Trinajstić information content (AvgIpc) is 2.29. The summed E-state index contributed by atoms with van der Waals surface area (Å²) in [6.07, 6.45) is 0.133. The van der Waals surface area contributed by atoms with Gasteiger partial charge in [0.2, 0.25) is 0 Å². The Kier molecular flexibility index (Phi) is 5.74. The van der Waals surface area contributed by atoms with Crippen LogP contribution in [0.5, 0.6) is 0 Å². The molecule has 0 atom stereocenters. The molecule has 5 heteroatoms. The predicted molar refractivity (Wildman–Crippen MR) is 64.1 cm³/mol. The number of rotatable bonds is 7.